The average Bonchev–Trinajstić information content (AvgIpc) is 3.15. The molecule has 1 N–H and O–H groups in total. The maximum Gasteiger partial charge on any atom is 0.138 e. The molecule has 2 aromatic carbocycles. The molecule has 2 heterocycles. The van der Waals surface area contributed by atoms with E-state index in [2.05, 4.69) is 41.2 Å². The first-order valence-corrected chi connectivity index (χ1v) is 10.1. The molecule has 0 unspecified atom stereocenters. The Morgan fingerprint density at radius 1 is 0.852 bits per heavy atom. The van der Waals surface area contributed by atoms with Gasteiger partial charge in [-0.2, -0.15) is 0 Å². The van der Waals surface area contributed by atoms with Crippen molar-refractivity contribution in [2.24, 2.45) is 0 Å². The van der Waals surface area contributed by atoms with Crippen molar-refractivity contribution in [2.45, 2.75) is 11.8 Å². The lowest BCUT2D eigenvalue weighted by Gasteiger charge is -2.04. The summed E-state index contributed by atoms with van der Waals surface area (Å²) < 4.78 is 0. The Kier molecular flexibility index (Phi) is 5.28. The van der Waals surface area contributed by atoms with Crippen LogP contribution < -0.4 is 0 Å². The molecule has 0 radical (unpaired) electrons. The molecular weight excluding hydrogens is 374 g/mol. The monoisotopic (exact) mass is 391 g/mol. The standard InChI is InChI=1S/C22H18ClN3S/c1-2-27-19-9-5-15(6-10-19)20-21(16-11-13-24-14-12-16)26-22(25-20)17-3-7-18(23)8-4-17/h3-14H,2H2,1H3,(H,25,26). The summed E-state index contributed by atoms with van der Waals surface area (Å²) in [5.41, 5.74) is 5.05. The highest BCUT2D eigenvalue weighted by Crippen LogP contribution is 2.34. The van der Waals surface area contributed by atoms with Crippen molar-refractivity contribution >= 4 is 23.4 Å². The third kappa shape index (κ3) is 3.92. The fourth-order valence-corrected chi connectivity index (χ4v) is 3.72. The van der Waals surface area contributed by atoms with Gasteiger partial charge in [-0.05, 0) is 54.3 Å². The molecule has 0 aliphatic carbocycles. The Hall–Kier alpha value is -2.56. The number of hydrogen-bond acceptors (Lipinski definition) is 3. The van der Waals surface area contributed by atoms with E-state index in [0.29, 0.717) is 5.02 Å². The summed E-state index contributed by atoms with van der Waals surface area (Å²) in [7, 11) is 0. The van der Waals surface area contributed by atoms with Crippen molar-refractivity contribution in [3.63, 3.8) is 0 Å². The summed E-state index contributed by atoms with van der Waals surface area (Å²) in [6.45, 7) is 2.16. The fraction of sp³-hybridized carbons (Fsp3) is 0.0909. The van der Waals surface area contributed by atoms with E-state index >= 15 is 0 Å². The zero-order valence-electron chi connectivity index (χ0n) is 14.8. The minimum atomic E-state index is 0.712. The van der Waals surface area contributed by atoms with Crippen molar-refractivity contribution in [2.75, 3.05) is 5.75 Å². The van der Waals surface area contributed by atoms with Gasteiger partial charge in [0.2, 0.25) is 0 Å². The van der Waals surface area contributed by atoms with Crippen LogP contribution in [0.4, 0.5) is 0 Å². The van der Waals surface area contributed by atoms with Crippen LogP contribution in [0.2, 0.25) is 5.02 Å². The number of nitrogens with one attached hydrogen (secondary N) is 1. The van der Waals surface area contributed by atoms with Gasteiger partial charge in [0.05, 0.1) is 11.4 Å². The fourth-order valence-electron chi connectivity index (χ4n) is 2.93. The van der Waals surface area contributed by atoms with Gasteiger partial charge in [0.15, 0.2) is 0 Å². The van der Waals surface area contributed by atoms with Crippen LogP contribution in [0.3, 0.4) is 0 Å². The maximum absolute atomic E-state index is 6.03. The van der Waals surface area contributed by atoms with Crippen LogP contribution in [-0.2, 0) is 0 Å². The first-order valence-electron chi connectivity index (χ1n) is 8.74. The minimum Gasteiger partial charge on any atom is -0.337 e. The first kappa shape index (κ1) is 17.8. The van der Waals surface area contributed by atoms with Crippen LogP contribution in [0.1, 0.15) is 6.92 Å². The first-order chi connectivity index (χ1) is 13.2. The number of nitrogens with zero attached hydrogens (tertiary/aromatic N) is 2. The lowest BCUT2D eigenvalue weighted by Crippen LogP contribution is -1.84. The van der Waals surface area contributed by atoms with Crippen LogP contribution in [0.25, 0.3) is 33.9 Å². The van der Waals surface area contributed by atoms with E-state index in [1.165, 1.54) is 4.90 Å². The van der Waals surface area contributed by atoms with Crippen molar-refractivity contribution in [3.05, 3.63) is 78.1 Å². The highest BCUT2D eigenvalue weighted by atomic mass is 35.5. The number of thioether (sulfide) groups is 1. The van der Waals surface area contributed by atoms with E-state index in [1.54, 1.807) is 12.4 Å². The van der Waals surface area contributed by atoms with Crippen LogP contribution >= 0.6 is 23.4 Å². The van der Waals surface area contributed by atoms with Crippen LogP contribution in [-0.4, -0.2) is 20.7 Å². The number of pyridine rings is 1. The Balaban J connectivity index is 1.82. The zero-order valence-corrected chi connectivity index (χ0v) is 16.4. The van der Waals surface area contributed by atoms with Gasteiger partial charge in [0.25, 0.3) is 0 Å². The molecule has 0 bridgehead atoms. The second-order valence-corrected chi connectivity index (χ2v) is 7.78. The second-order valence-electron chi connectivity index (χ2n) is 6.01. The minimum absolute atomic E-state index is 0.712. The number of H-pyrrole nitrogens is 1. The SMILES string of the molecule is CCSc1ccc(-c2nc(-c3ccc(Cl)cc3)[nH]c2-c2ccncc2)cc1. The molecule has 4 aromatic rings. The zero-order chi connectivity index (χ0) is 18.6. The number of halogens is 1. The van der Waals surface area contributed by atoms with Crippen molar-refractivity contribution in [3.8, 4) is 33.9 Å². The van der Waals surface area contributed by atoms with Gasteiger partial charge in [-0.3, -0.25) is 4.98 Å². The summed E-state index contributed by atoms with van der Waals surface area (Å²) in [5.74, 6) is 1.88. The second kappa shape index (κ2) is 7.99. The number of imidazole rings is 1. The highest BCUT2D eigenvalue weighted by molar-refractivity contribution is 7.99. The van der Waals surface area contributed by atoms with Crippen LogP contribution in [0, 0.1) is 0 Å². The molecule has 0 fully saturated rings. The number of aromatic amines is 1. The van der Waals surface area contributed by atoms with Crippen molar-refractivity contribution in [1.82, 2.24) is 15.0 Å². The van der Waals surface area contributed by atoms with E-state index in [4.69, 9.17) is 16.6 Å². The van der Waals surface area contributed by atoms with E-state index < -0.39 is 0 Å². The van der Waals surface area contributed by atoms with Gasteiger partial charge in [-0.1, -0.05) is 30.7 Å². The van der Waals surface area contributed by atoms with E-state index in [9.17, 15) is 0 Å². The summed E-state index contributed by atoms with van der Waals surface area (Å²) in [6, 6.07) is 20.2. The molecule has 134 valence electrons. The van der Waals surface area contributed by atoms with Gasteiger partial charge in [0.1, 0.15) is 5.82 Å². The Morgan fingerprint density at radius 2 is 1.52 bits per heavy atom. The molecule has 0 amide bonds. The molecule has 0 saturated carbocycles. The molecule has 3 nitrogen and oxygen atoms in total. The number of aromatic nitrogens is 3. The lowest BCUT2D eigenvalue weighted by atomic mass is 10.1. The molecule has 0 atom stereocenters. The Labute approximate surface area is 167 Å². The molecule has 2 aromatic heterocycles. The molecule has 27 heavy (non-hydrogen) atoms. The normalized spacial score (nSPS) is 10.9. The molecular formula is C22H18ClN3S. The van der Waals surface area contributed by atoms with E-state index in [-0.39, 0.29) is 0 Å². The van der Waals surface area contributed by atoms with Gasteiger partial charge < -0.3 is 4.98 Å². The van der Waals surface area contributed by atoms with Gasteiger partial charge >= 0.3 is 0 Å². The summed E-state index contributed by atoms with van der Waals surface area (Å²) >= 11 is 7.86. The quantitative estimate of drug-likeness (QED) is 0.391. The Bertz CT molecular complexity index is 1030. The summed E-state index contributed by atoms with van der Waals surface area (Å²) in [6.07, 6.45) is 3.59. The molecule has 0 spiro atoms. The van der Waals surface area contributed by atoms with Crippen molar-refractivity contribution in [1.29, 1.82) is 0 Å². The maximum atomic E-state index is 6.03. The van der Waals surface area contributed by atoms with Gasteiger partial charge in [-0.15, -0.1) is 11.8 Å². The van der Waals surface area contributed by atoms with Crippen LogP contribution in [0.15, 0.2) is 78.0 Å². The number of benzene rings is 2. The molecule has 0 aliphatic rings. The van der Waals surface area contributed by atoms with Gasteiger partial charge in [0, 0.05) is 39.0 Å². The van der Waals surface area contributed by atoms with E-state index in [1.807, 2.05) is 48.2 Å². The van der Waals surface area contributed by atoms with E-state index in [0.717, 1.165) is 39.7 Å². The highest BCUT2D eigenvalue weighted by Gasteiger charge is 2.15. The summed E-state index contributed by atoms with van der Waals surface area (Å²) in [4.78, 5) is 13.8. The number of hydrogen-bond donors (Lipinski definition) is 1. The molecule has 5 heteroatoms. The lowest BCUT2D eigenvalue weighted by molar-refractivity contribution is 1.30. The smallest absolute Gasteiger partial charge is 0.138 e. The molecule has 0 saturated heterocycles. The third-order valence-corrected chi connectivity index (χ3v) is 5.38. The van der Waals surface area contributed by atoms with Crippen molar-refractivity contribution < 1.29 is 0 Å². The molecule has 4 rings (SSSR count). The largest absolute Gasteiger partial charge is 0.337 e. The molecule has 0 aliphatic heterocycles. The third-order valence-electron chi connectivity index (χ3n) is 4.23. The van der Waals surface area contributed by atoms with Crippen LogP contribution in [0.5, 0.6) is 0 Å². The average molecular weight is 392 g/mol. The van der Waals surface area contributed by atoms with Gasteiger partial charge in [-0.25, -0.2) is 4.98 Å². The Morgan fingerprint density at radius 3 is 2.19 bits per heavy atom. The predicted octanol–water partition coefficient (Wildman–Crippen LogP) is 6.57. The predicted molar refractivity (Wildman–Crippen MR) is 114 cm³/mol. The summed E-state index contributed by atoms with van der Waals surface area (Å²) in [5, 5.41) is 0.712. The topological polar surface area (TPSA) is 41.6 Å². The number of rotatable bonds is 5.